The maximum Gasteiger partial charge on any atom is 0.264 e. The zero-order valence-corrected chi connectivity index (χ0v) is 11.8. The molecule has 0 fully saturated rings. The first-order valence-corrected chi connectivity index (χ1v) is 6.58. The van der Waals surface area contributed by atoms with Crippen molar-refractivity contribution in [2.24, 2.45) is 5.73 Å². The first-order valence-electron chi connectivity index (χ1n) is 6.58. The van der Waals surface area contributed by atoms with Crippen LogP contribution < -0.4 is 15.2 Å². The van der Waals surface area contributed by atoms with E-state index in [-0.39, 0.29) is 6.61 Å². The summed E-state index contributed by atoms with van der Waals surface area (Å²) in [6.45, 7) is 2.67. The van der Waals surface area contributed by atoms with Crippen LogP contribution in [-0.2, 0) is 19.6 Å². The molecule has 2 aromatic rings. The van der Waals surface area contributed by atoms with Crippen molar-refractivity contribution in [3.8, 4) is 11.5 Å². The summed E-state index contributed by atoms with van der Waals surface area (Å²) in [5, 5.41) is 3.88. The Labute approximate surface area is 117 Å². The molecule has 108 valence electrons. The normalized spacial score (nSPS) is 10.6. The largest absolute Gasteiger partial charge is 0.497 e. The first-order chi connectivity index (χ1) is 9.76. The number of aryl methyl sites for hydroxylation is 1. The molecule has 2 N–H and O–H groups in total. The monoisotopic (exact) mass is 277 g/mol. The molecule has 0 aliphatic heterocycles. The van der Waals surface area contributed by atoms with Gasteiger partial charge in [-0.15, -0.1) is 0 Å². The quantitative estimate of drug-likeness (QED) is 0.834. The van der Waals surface area contributed by atoms with E-state index in [4.69, 9.17) is 19.7 Å². The number of nitrogens with zero attached hydrogens (tertiary/aromatic N) is 2. The van der Waals surface area contributed by atoms with Crippen molar-refractivity contribution in [3.63, 3.8) is 0 Å². The molecule has 20 heavy (non-hydrogen) atoms. The number of aromatic nitrogens is 2. The van der Waals surface area contributed by atoms with Crippen LogP contribution in [-0.4, -0.2) is 17.3 Å². The summed E-state index contributed by atoms with van der Waals surface area (Å²) in [6, 6.07) is 5.50. The van der Waals surface area contributed by atoms with Crippen molar-refractivity contribution >= 4 is 0 Å². The molecule has 0 unspecified atom stereocenters. The van der Waals surface area contributed by atoms with Gasteiger partial charge in [0.25, 0.3) is 5.89 Å². The van der Waals surface area contributed by atoms with Crippen LogP contribution in [0, 0.1) is 0 Å². The molecule has 6 nitrogen and oxygen atoms in total. The van der Waals surface area contributed by atoms with Crippen molar-refractivity contribution in [2.45, 2.75) is 32.9 Å². The van der Waals surface area contributed by atoms with E-state index in [2.05, 4.69) is 17.1 Å². The maximum atomic E-state index is 5.70. The number of benzene rings is 1. The van der Waals surface area contributed by atoms with Gasteiger partial charge in [-0.25, -0.2) is 0 Å². The Bertz CT molecular complexity index is 554. The van der Waals surface area contributed by atoms with Crippen LogP contribution in [0.2, 0.25) is 0 Å². The second-order valence-corrected chi connectivity index (χ2v) is 4.32. The lowest BCUT2D eigenvalue weighted by molar-refractivity contribution is 0.240. The summed E-state index contributed by atoms with van der Waals surface area (Å²) in [4.78, 5) is 4.25. The fourth-order valence-corrected chi connectivity index (χ4v) is 1.80. The number of ether oxygens (including phenoxy) is 2. The predicted molar refractivity (Wildman–Crippen MR) is 73.5 cm³/mol. The van der Waals surface area contributed by atoms with E-state index in [1.807, 2.05) is 18.2 Å². The Kier molecular flexibility index (Phi) is 4.95. The van der Waals surface area contributed by atoms with Crippen LogP contribution in [0.1, 0.15) is 30.6 Å². The van der Waals surface area contributed by atoms with E-state index in [0.717, 1.165) is 24.2 Å². The zero-order valence-electron chi connectivity index (χ0n) is 11.8. The SMILES string of the molecule is CCCc1noc(COc2ccc(OC)cc2CN)n1. The van der Waals surface area contributed by atoms with Gasteiger partial charge in [0.05, 0.1) is 7.11 Å². The molecular formula is C14H19N3O3. The highest BCUT2D eigenvalue weighted by Crippen LogP contribution is 2.24. The maximum absolute atomic E-state index is 5.70. The van der Waals surface area contributed by atoms with Gasteiger partial charge in [0.15, 0.2) is 12.4 Å². The van der Waals surface area contributed by atoms with E-state index >= 15 is 0 Å². The third kappa shape index (κ3) is 3.48. The average molecular weight is 277 g/mol. The highest BCUT2D eigenvalue weighted by molar-refractivity contribution is 5.40. The number of methoxy groups -OCH3 is 1. The van der Waals surface area contributed by atoms with Gasteiger partial charge in [-0.2, -0.15) is 4.98 Å². The first kappa shape index (κ1) is 14.3. The summed E-state index contributed by atoms with van der Waals surface area (Å²) >= 11 is 0. The summed E-state index contributed by atoms with van der Waals surface area (Å²) in [5.74, 6) is 2.62. The highest BCUT2D eigenvalue weighted by atomic mass is 16.5. The van der Waals surface area contributed by atoms with Crippen LogP contribution in [0.3, 0.4) is 0 Å². The Hall–Kier alpha value is -2.08. The van der Waals surface area contributed by atoms with Gasteiger partial charge in [0.1, 0.15) is 11.5 Å². The number of nitrogens with two attached hydrogens (primary N) is 1. The lowest BCUT2D eigenvalue weighted by Crippen LogP contribution is -2.03. The molecule has 0 saturated heterocycles. The third-order valence-electron chi connectivity index (χ3n) is 2.82. The van der Waals surface area contributed by atoms with E-state index < -0.39 is 0 Å². The second-order valence-electron chi connectivity index (χ2n) is 4.32. The van der Waals surface area contributed by atoms with Gasteiger partial charge in [-0.3, -0.25) is 0 Å². The van der Waals surface area contributed by atoms with E-state index in [1.165, 1.54) is 0 Å². The molecule has 0 amide bonds. The standard InChI is InChI=1S/C14H19N3O3/c1-3-4-13-16-14(20-17-13)9-19-12-6-5-11(18-2)7-10(12)8-15/h5-7H,3-4,8-9,15H2,1-2H3. The van der Waals surface area contributed by atoms with Crippen LogP contribution in [0.4, 0.5) is 0 Å². The Morgan fingerprint density at radius 2 is 2.20 bits per heavy atom. The van der Waals surface area contributed by atoms with Crippen molar-refractivity contribution in [1.82, 2.24) is 10.1 Å². The fourth-order valence-electron chi connectivity index (χ4n) is 1.80. The van der Waals surface area contributed by atoms with Crippen molar-refractivity contribution in [2.75, 3.05) is 7.11 Å². The van der Waals surface area contributed by atoms with Gasteiger partial charge in [0.2, 0.25) is 0 Å². The van der Waals surface area contributed by atoms with Crippen LogP contribution in [0.5, 0.6) is 11.5 Å². The Morgan fingerprint density at radius 3 is 2.90 bits per heavy atom. The van der Waals surface area contributed by atoms with E-state index in [1.54, 1.807) is 7.11 Å². The minimum absolute atomic E-state index is 0.232. The Balaban J connectivity index is 2.02. The highest BCUT2D eigenvalue weighted by Gasteiger charge is 2.09. The molecule has 1 aromatic carbocycles. The summed E-state index contributed by atoms with van der Waals surface area (Å²) < 4.78 is 15.9. The Morgan fingerprint density at radius 1 is 1.35 bits per heavy atom. The third-order valence-corrected chi connectivity index (χ3v) is 2.82. The zero-order chi connectivity index (χ0) is 14.4. The lowest BCUT2D eigenvalue weighted by atomic mass is 10.2. The van der Waals surface area contributed by atoms with E-state index in [0.29, 0.717) is 24.0 Å². The molecule has 0 aliphatic carbocycles. The fraction of sp³-hybridized carbons (Fsp3) is 0.429. The molecule has 0 bridgehead atoms. The minimum Gasteiger partial charge on any atom is -0.497 e. The van der Waals surface area contributed by atoms with Gasteiger partial charge in [-0.05, 0) is 24.6 Å². The molecule has 0 aliphatic rings. The van der Waals surface area contributed by atoms with E-state index in [9.17, 15) is 0 Å². The molecule has 0 radical (unpaired) electrons. The topological polar surface area (TPSA) is 83.4 Å². The minimum atomic E-state index is 0.232. The molecular weight excluding hydrogens is 258 g/mol. The summed E-state index contributed by atoms with van der Waals surface area (Å²) in [6.07, 6.45) is 1.79. The molecule has 1 aromatic heterocycles. The molecule has 1 heterocycles. The molecule has 0 spiro atoms. The van der Waals surface area contributed by atoms with Crippen LogP contribution >= 0.6 is 0 Å². The van der Waals surface area contributed by atoms with Gasteiger partial charge >= 0.3 is 0 Å². The number of rotatable bonds is 7. The van der Waals surface area contributed by atoms with Crippen LogP contribution in [0.15, 0.2) is 22.7 Å². The molecule has 2 rings (SSSR count). The molecule has 6 heteroatoms. The van der Waals surface area contributed by atoms with Crippen molar-refractivity contribution < 1.29 is 14.0 Å². The summed E-state index contributed by atoms with van der Waals surface area (Å²) in [7, 11) is 1.61. The number of hydrogen-bond acceptors (Lipinski definition) is 6. The molecule has 0 atom stereocenters. The van der Waals surface area contributed by atoms with Gasteiger partial charge in [-0.1, -0.05) is 12.1 Å². The molecule has 0 saturated carbocycles. The predicted octanol–water partition coefficient (Wildman–Crippen LogP) is 2.07. The summed E-state index contributed by atoms with van der Waals surface area (Å²) in [5.41, 5.74) is 6.57. The second kappa shape index (κ2) is 6.91. The average Bonchev–Trinajstić information content (AvgIpc) is 2.93. The van der Waals surface area contributed by atoms with Gasteiger partial charge in [0, 0.05) is 18.5 Å². The van der Waals surface area contributed by atoms with Crippen LogP contribution in [0.25, 0.3) is 0 Å². The number of hydrogen-bond donors (Lipinski definition) is 1. The van der Waals surface area contributed by atoms with Crippen molar-refractivity contribution in [1.29, 1.82) is 0 Å². The van der Waals surface area contributed by atoms with Crippen molar-refractivity contribution in [3.05, 3.63) is 35.5 Å². The smallest absolute Gasteiger partial charge is 0.264 e. The van der Waals surface area contributed by atoms with Gasteiger partial charge < -0.3 is 19.7 Å². The lowest BCUT2D eigenvalue weighted by Gasteiger charge is -2.10.